The third kappa shape index (κ3) is 5.46. The highest BCUT2D eigenvalue weighted by atomic mass is 19.1. The number of nitrogens with one attached hydrogen (secondary N) is 1. The van der Waals surface area contributed by atoms with E-state index in [4.69, 9.17) is 0 Å². The van der Waals surface area contributed by atoms with E-state index in [9.17, 15) is 9.18 Å². The van der Waals surface area contributed by atoms with Gasteiger partial charge in [0.1, 0.15) is 18.3 Å². The average molecular weight is 436 g/mol. The van der Waals surface area contributed by atoms with Crippen molar-refractivity contribution in [3.63, 3.8) is 0 Å². The molecule has 32 heavy (non-hydrogen) atoms. The van der Waals surface area contributed by atoms with Gasteiger partial charge in [-0.1, -0.05) is 12.1 Å². The molecular formula is C25H30FN5O. The summed E-state index contributed by atoms with van der Waals surface area (Å²) in [5, 5.41) is 5.33. The van der Waals surface area contributed by atoms with Gasteiger partial charge in [-0.3, -0.25) is 14.8 Å². The molecule has 1 fully saturated rings. The molecule has 0 radical (unpaired) electrons. The van der Waals surface area contributed by atoms with E-state index in [0.29, 0.717) is 13.0 Å². The summed E-state index contributed by atoms with van der Waals surface area (Å²) in [5.41, 5.74) is 2.56. The summed E-state index contributed by atoms with van der Waals surface area (Å²) < 4.78 is 12.5. The number of hydrogen-bond acceptors (Lipinski definition) is 6. The van der Waals surface area contributed by atoms with Gasteiger partial charge in [0.05, 0.1) is 18.1 Å². The highest BCUT2D eigenvalue weighted by molar-refractivity contribution is 5.88. The fourth-order valence-corrected chi connectivity index (χ4v) is 4.23. The van der Waals surface area contributed by atoms with Crippen LogP contribution in [0.25, 0.3) is 22.0 Å². The van der Waals surface area contributed by atoms with Crippen molar-refractivity contribution >= 4 is 22.4 Å². The SMILES string of the molecule is CC(C)Nc1cncc(-c2ccc3cnc(CC(=O)C4CCN(CCF)CC4)cc3c2)n1. The number of Topliss-reactive ketones (excluding diaryl/α,β-unsaturated/α-hetero) is 1. The first-order valence-corrected chi connectivity index (χ1v) is 11.3. The molecule has 4 rings (SSSR count). The van der Waals surface area contributed by atoms with Crippen LogP contribution in [0.5, 0.6) is 0 Å². The third-order valence-corrected chi connectivity index (χ3v) is 5.94. The molecule has 2 aromatic heterocycles. The Labute approximate surface area is 188 Å². The van der Waals surface area contributed by atoms with Crippen molar-refractivity contribution in [1.82, 2.24) is 19.9 Å². The smallest absolute Gasteiger partial charge is 0.145 e. The molecule has 1 N–H and O–H groups in total. The van der Waals surface area contributed by atoms with Gasteiger partial charge in [0.15, 0.2) is 0 Å². The number of carbonyl (C=O) groups excluding carboxylic acids is 1. The average Bonchev–Trinajstić information content (AvgIpc) is 2.79. The highest BCUT2D eigenvalue weighted by Gasteiger charge is 2.25. The van der Waals surface area contributed by atoms with E-state index < -0.39 is 0 Å². The van der Waals surface area contributed by atoms with E-state index in [1.165, 1.54) is 0 Å². The zero-order valence-electron chi connectivity index (χ0n) is 18.7. The molecule has 0 saturated carbocycles. The van der Waals surface area contributed by atoms with Crippen molar-refractivity contribution in [2.75, 3.05) is 31.6 Å². The second-order valence-corrected chi connectivity index (χ2v) is 8.77. The van der Waals surface area contributed by atoms with Crippen LogP contribution in [-0.4, -0.2) is 58.0 Å². The molecule has 1 aliphatic heterocycles. The molecule has 0 atom stereocenters. The number of anilines is 1. The molecule has 0 bridgehead atoms. The Balaban J connectivity index is 1.48. The molecule has 0 amide bonds. The topological polar surface area (TPSA) is 71.0 Å². The fraction of sp³-hybridized carbons (Fsp3) is 0.440. The molecule has 168 valence electrons. The Bertz CT molecular complexity index is 1080. The second kappa shape index (κ2) is 10.1. The predicted molar refractivity (Wildman–Crippen MR) is 125 cm³/mol. The van der Waals surface area contributed by atoms with Crippen LogP contribution in [0.1, 0.15) is 32.4 Å². The van der Waals surface area contributed by atoms with Crippen LogP contribution in [-0.2, 0) is 11.2 Å². The molecule has 1 aliphatic rings. The van der Waals surface area contributed by atoms with Crippen molar-refractivity contribution in [2.24, 2.45) is 5.92 Å². The minimum Gasteiger partial charge on any atom is -0.367 e. The van der Waals surface area contributed by atoms with Gasteiger partial charge in [-0.25, -0.2) is 9.37 Å². The van der Waals surface area contributed by atoms with E-state index >= 15 is 0 Å². The maximum atomic E-state index is 12.8. The summed E-state index contributed by atoms with van der Waals surface area (Å²) in [4.78, 5) is 28.4. The number of carbonyl (C=O) groups is 1. The maximum absolute atomic E-state index is 12.8. The van der Waals surface area contributed by atoms with Crippen LogP contribution in [0.4, 0.5) is 10.2 Å². The summed E-state index contributed by atoms with van der Waals surface area (Å²) in [7, 11) is 0. The van der Waals surface area contributed by atoms with Gasteiger partial charge in [-0.2, -0.15) is 0 Å². The summed E-state index contributed by atoms with van der Waals surface area (Å²) in [6.45, 7) is 5.85. The number of alkyl halides is 1. The second-order valence-electron chi connectivity index (χ2n) is 8.77. The lowest BCUT2D eigenvalue weighted by atomic mass is 9.90. The van der Waals surface area contributed by atoms with E-state index in [2.05, 4.69) is 45.1 Å². The molecule has 0 aliphatic carbocycles. The number of piperidine rings is 1. The number of aromatic nitrogens is 3. The zero-order valence-corrected chi connectivity index (χ0v) is 18.7. The molecular weight excluding hydrogens is 405 g/mol. The number of benzene rings is 1. The normalized spacial score (nSPS) is 15.4. The molecule has 3 heterocycles. The lowest BCUT2D eigenvalue weighted by Crippen LogP contribution is -2.37. The van der Waals surface area contributed by atoms with Crippen LogP contribution in [0, 0.1) is 5.92 Å². The third-order valence-electron chi connectivity index (χ3n) is 5.94. The number of hydrogen-bond donors (Lipinski definition) is 1. The summed E-state index contributed by atoms with van der Waals surface area (Å²) in [5.74, 6) is 1.02. The Hall–Kier alpha value is -2.93. The lowest BCUT2D eigenvalue weighted by Gasteiger charge is -2.30. The first-order chi connectivity index (χ1) is 15.5. The Kier molecular flexibility index (Phi) is 7.05. The van der Waals surface area contributed by atoms with Crippen molar-refractivity contribution < 1.29 is 9.18 Å². The van der Waals surface area contributed by atoms with Gasteiger partial charge in [0.25, 0.3) is 0 Å². The van der Waals surface area contributed by atoms with E-state index in [1.54, 1.807) is 12.4 Å². The molecule has 6 nitrogen and oxygen atoms in total. The van der Waals surface area contributed by atoms with E-state index in [-0.39, 0.29) is 24.4 Å². The number of rotatable bonds is 8. The van der Waals surface area contributed by atoms with Crippen LogP contribution in [0.2, 0.25) is 0 Å². The van der Waals surface area contributed by atoms with Crippen LogP contribution >= 0.6 is 0 Å². The van der Waals surface area contributed by atoms with Gasteiger partial charge in [0.2, 0.25) is 0 Å². The van der Waals surface area contributed by atoms with Crippen molar-refractivity contribution in [1.29, 1.82) is 0 Å². The molecule has 1 aromatic carbocycles. The maximum Gasteiger partial charge on any atom is 0.145 e. The van der Waals surface area contributed by atoms with Gasteiger partial charge in [-0.05, 0) is 57.3 Å². The first-order valence-electron chi connectivity index (χ1n) is 11.3. The molecule has 0 unspecified atom stereocenters. The zero-order chi connectivity index (χ0) is 22.5. The van der Waals surface area contributed by atoms with Gasteiger partial charge >= 0.3 is 0 Å². The van der Waals surface area contributed by atoms with Gasteiger partial charge in [-0.15, -0.1) is 0 Å². The van der Waals surface area contributed by atoms with E-state index in [0.717, 1.165) is 59.5 Å². The number of halogens is 1. The lowest BCUT2D eigenvalue weighted by molar-refractivity contribution is -0.123. The molecule has 0 spiro atoms. The minimum atomic E-state index is -0.328. The monoisotopic (exact) mass is 435 g/mol. The number of likely N-dealkylation sites (tertiary alicyclic amines) is 1. The number of nitrogens with zero attached hydrogens (tertiary/aromatic N) is 4. The first kappa shape index (κ1) is 22.3. The summed E-state index contributed by atoms with van der Waals surface area (Å²) >= 11 is 0. The van der Waals surface area contributed by atoms with Crippen molar-refractivity contribution in [3.8, 4) is 11.3 Å². The van der Waals surface area contributed by atoms with Crippen LogP contribution in [0.15, 0.2) is 42.9 Å². The van der Waals surface area contributed by atoms with E-state index in [1.807, 2.05) is 24.4 Å². The highest BCUT2D eigenvalue weighted by Crippen LogP contribution is 2.25. The fourth-order valence-electron chi connectivity index (χ4n) is 4.23. The standard InChI is InChI=1S/C25H30FN5O/c1-17(2)29-25-16-27-15-23(30-25)19-3-4-20-14-28-22(12-21(20)11-19)13-24(32)18-5-8-31(9-6-18)10-7-26/h3-4,11-12,14-18H,5-10,13H2,1-2H3,(H,29,30). The van der Waals surface area contributed by atoms with Crippen LogP contribution in [0.3, 0.4) is 0 Å². The Morgan fingerprint density at radius 2 is 1.97 bits per heavy atom. The molecule has 7 heteroatoms. The Morgan fingerprint density at radius 3 is 2.72 bits per heavy atom. The molecule has 3 aromatic rings. The summed E-state index contributed by atoms with van der Waals surface area (Å²) in [6.07, 6.45) is 7.25. The quantitative estimate of drug-likeness (QED) is 0.569. The van der Waals surface area contributed by atoms with Gasteiger partial charge < -0.3 is 10.2 Å². The minimum absolute atomic E-state index is 0.0427. The van der Waals surface area contributed by atoms with Crippen LogP contribution < -0.4 is 5.32 Å². The largest absolute Gasteiger partial charge is 0.367 e. The van der Waals surface area contributed by atoms with Crippen molar-refractivity contribution in [3.05, 3.63) is 48.5 Å². The number of ketones is 1. The van der Waals surface area contributed by atoms with Crippen molar-refractivity contribution in [2.45, 2.75) is 39.2 Å². The summed E-state index contributed by atoms with van der Waals surface area (Å²) in [6, 6.07) is 8.39. The number of fused-ring (bicyclic) bond motifs is 1. The van der Waals surface area contributed by atoms with Gasteiger partial charge in [0, 0.05) is 47.8 Å². The number of pyridine rings is 1. The molecule has 1 saturated heterocycles. The predicted octanol–water partition coefficient (Wildman–Crippen LogP) is 4.31. The Morgan fingerprint density at radius 1 is 1.16 bits per heavy atom.